The van der Waals surface area contributed by atoms with Crippen LogP contribution in [-0.2, 0) is 4.79 Å². The third kappa shape index (κ3) is 3.33. The van der Waals surface area contributed by atoms with Gasteiger partial charge in [-0.05, 0) is 23.8 Å². The van der Waals surface area contributed by atoms with Gasteiger partial charge in [-0.1, -0.05) is 60.7 Å². The van der Waals surface area contributed by atoms with E-state index >= 15 is 0 Å². The fourth-order valence-electron chi connectivity index (χ4n) is 3.54. The van der Waals surface area contributed by atoms with Crippen LogP contribution in [0.1, 0.15) is 11.1 Å². The van der Waals surface area contributed by atoms with E-state index in [4.69, 9.17) is 5.73 Å². The van der Waals surface area contributed by atoms with E-state index in [1.807, 2.05) is 84.2 Å². The van der Waals surface area contributed by atoms with E-state index in [9.17, 15) is 4.79 Å². The number of fused-ring (bicyclic) bond motifs is 1. The fraction of sp³-hybridized carbons (Fsp3) is 0. The van der Waals surface area contributed by atoms with Crippen LogP contribution in [0.25, 0.3) is 22.5 Å². The van der Waals surface area contributed by atoms with E-state index in [1.54, 1.807) is 0 Å². The molecule has 1 aliphatic heterocycles. The van der Waals surface area contributed by atoms with Crippen molar-refractivity contribution in [2.24, 2.45) is 0 Å². The summed E-state index contributed by atoms with van der Waals surface area (Å²) in [5.41, 5.74) is 12.5. The molecule has 0 unspecified atom stereocenters. The minimum Gasteiger partial charge on any atom is -0.375 e. The first-order chi connectivity index (χ1) is 14.7. The first-order valence-corrected chi connectivity index (χ1v) is 10.4. The molecule has 0 radical (unpaired) electrons. The van der Waals surface area contributed by atoms with Gasteiger partial charge in [-0.2, -0.15) is 0 Å². The van der Waals surface area contributed by atoms with Gasteiger partial charge < -0.3 is 16.4 Å². The number of nitrogens with zero attached hydrogens (tertiary/aromatic N) is 1. The summed E-state index contributed by atoms with van der Waals surface area (Å²) >= 11 is 1.42. The third-order valence-corrected chi connectivity index (χ3v) is 5.63. The monoisotopic (exact) mass is 410 g/mol. The molecule has 146 valence electrons. The van der Waals surface area contributed by atoms with Gasteiger partial charge in [0, 0.05) is 27.9 Å². The van der Waals surface area contributed by atoms with Crippen LogP contribution in [0.3, 0.4) is 0 Å². The predicted octanol–water partition coefficient (Wildman–Crippen LogP) is 5.32. The average molecular weight is 411 g/mol. The van der Waals surface area contributed by atoms with Crippen molar-refractivity contribution in [2.45, 2.75) is 0 Å². The highest BCUT2D eigenvalue weighted by molar-refractivity contribution is 7.13. The van der Waals surface area contributed by atoms with E-state index in [1.165, 1.54) is 11.3 Å². The second kappa shape index (κ2) is 7.50. The maximum atomic E-state index is 12.8. The van der Waals surface area contributed by atoms with E-state index in [0.717, 1.165) is 39.5 Å². The van der Waals surface area contributed by atoms with E-state index < -0.39 is 0 Å². The quantitative estimate of drug-likeness (QED) is 0.398. The standard InChI is InChI=1S/C24H18N4OS/c25-24-28-20(14-30-24)15-10-12-17(13-11-15)26-22(16-6-2-1-3-7-16)21-18-8-4-5-9-19(18)27-23(21)29/h1-14,26H,(H2,25,28)(H,27,29)/b22-21-. The number of nitrogens with two attached hydrogens (primary N) is 1. The molecule has 5 nitrogen and oxygen atoms in total. The molecule has 2 heterocycles. The van der Waals surface area contributed by atoms with Crippen LogP contribution in [-0.4, -0.2) is 10.9 Å². The zero-order chi connectivity index (χ0) is 20.5. The Kier molecular flexibility index (Phi) is 4.53. The summed E-state index contributed by atoms with van der Waals surface area (Å²) in [6.07, 6.45) is 0. The SMILES string of the molecule is Nc1nc(-c2ccc(N/C(=C3\C(=O)Nc4ccccc43)c3ccccc3)cc2)cs1. The Bertz CT molecular complexity index is 1260. The molecule has 0 atom stereocenters. The first-order valence-electron chi connectivity index (χ1n) is 9.48. The van der Waals surface area contributed by atoms with Crippen LogP contribution in [0, 0.1) is 0 Å². The maximum Gasteiger partial charge on any atom is 0.258 e. The van der Waals surface area contributed by atoms with E-state index in [0.29, 0.717) is 10.7 Å². The van der Waals surface area contributed by atoms with Crippen molar-refractivity contribution in [1.82, 2.24) is 4.98 Å². The highest BCUT2D eigenvalue weighted by Gasteiger charge is 2.28. The topological polar surface area (TPSA) is 80.0 Å². The van der Waals surface area contributed by atoms with Gasteiger partial charge >= 0.3 is 0 Å². The lowest BCUT2D eigenvalue weighted by atomic mass is 10.00. The molecule has 30 heavy (non-hydrogen) atoms. The number of carbonyl (C=O) groups excluding carboxylic acids is 1. The molecule has 0 saturated heterocycles. The van der Waals surface area contributed by atoms with Crippen LogP contribution >= 0.6 is 11.3 Å². The molecule has 0 saturated carbocycles. The van der Waals surface area contributed by atoms with Crippen LogP contribution < -0.4 is 16.4 Å². The number of nitrogens with one attached hydrogen (secondary N) is 2. The van der Waals surface area contributed by atoms with Gasteiger partial charge in [0.15, 0.2) is 5.13 Å². The van der Waals surface area contributed by atoms with Crippen LogP contribution in [0.5, 0.6) is 0 Å². The summed E-state index contributed by atoms with van der Waals surface area (Å²) in [7, 11) is 0. The van der Waals surface area contributed by atoms with Gasteiger partial charge in [-0.25, -0.2) is 4.98 Å². The van der Waals surface area contributed by atoms with E-state index in [2.05, 4.69) is 15.6 Å². The number of hydrogen-bond acceptors (Lipinski definition) is 5. The second-order valence-corrected chi connectivity index (χ2v) is 7.78. The van der Waals surface area contributed by atoms with Gasteiger partial charge in [0.25, 0.3) is 5.91 Å². The molecular weight excluding hydrogens is 392 g/mol. The Morgan fingerprint density at radius 2 is 1.67 bits per heavy atom. The lowest BCUT2D eigenvalue weighted by molar-refractivity contribution is -0.110. The molecule has 4 N–H and O–H groups in total. The summed E-state index contributed by atoms with van der Waals surface area (Å²) in [6, 6.07) is 25.6. The molecule has 1 aliphatic rings. The normalized spacial score (nSPS) is 14.2. The maximum absolute atomic E-state index is 12.8. The van der Waals surface area contributed by atoms with Crippen LogP contribution in [0.2, 0.25) is 0 Å². The molecule has 4 aromatic rings. The number of para-hydroxylation sites is 1. The van der Waals surface area contributed by atoms with Gasteiger partial charge in [0.05, 0.1) is 17.0 Å². The Balaban J connectivity index is 1.57. The number of aromatic nitrogens is 1. The minimum absolute atomic E-state index is 0.114. The van der Waals surface area contributed by atoms with E-state index in [-0.39, 0.29) is 5.91 Å². The number of anilines is 3. The number of amides is 1. The largest absolute Gasteiger partial charge is 0.375 e. The highest BCUT2D eigenvalue weighted by atomic mass is 32.1. The summed E-state index contributed by atoms with van der Waals surface area (Å²) in [5.74, 6) is -0.114. The summed E-state index contributed by atoms with van der Waals surface area (Å²) in [5, 5.41) is 8.92. The average Bonchev–Trinajstić information content (AvgIpc) is 3.35. The number of hydrogen-bond donors (Lipinski definition) is 3. The third-order valence-electron chi connectivity index (χ3n) is 4.96. The zero-order valence-electron chi connectivity index (χ0n) is 15.9. The minimum atomic E-state index is -0.114. The molecule has 0 aliphatic carbocycles. The summed E-state index contributed by atoms with van der Waals surface area (Å²) < 4.78 is 0. The van der Waals surface area contributed by atoms with Crippen molar-refractivity contribution >= 4 is 45.0 Å². The Hall–Kier alpha value is -3.90. The smallest absolute Gasteiger partial charge is 0.258 e. The number of rotatable bonds is 4. The van der Waals surface area contributed by atoms with Gasteiger partial charge in [0.2, 0.25) is 0 Å². The van der Waals surface area contributed by atoms with Crippen molar-refractivity contribution in [3.05, 3.63) is 95.4 Å². The van der Waals surface area contributed by atoms with Crippen molar-refractivity contribution in [3.63, 3.8) is 0 Å². The number of benzene rings is 3. The highest BCUT2D eigenvalue weighted by Crippen LogP contribution is 2.37. The number of nitrogen functional groups attached to an aromatic ring is 1. The molecule has 1 aromatic heterocycles. The van der Waals surface area contributed by atoms with Gasteiger partial charge in [0.1, 0.15) is 0 Å². The summed E-state index contributed by atoms with van der Waals surface area (Å²) in [6.45, 7) is 0. The van der Waals surface area contributed by atoms with Crippen LogP contribution in [0.4, 0.5) is 16.5 Å². The lowest BCUT2D eigenvalue weighted by Crippen LogP contribution is -2.10. The molecule has 5 rings (SSSR count). The zero-order valence-corrected chi connectivity index (χ0v) is 16.7. The number of carbonyl (C=O) groups is 1. The predicted molar refractivity (Wildman–Crippen MR) is 124 cm³/mol. The lowest BCUT2D eigenvalue weighted by Gasteiger charge is -2.15. The Labute approximate surface area is 177 Å². The first kappa shape index (κ1) is 18.1. The van der Waals surface area contributed by atoms with Crippen molar-refractivity contribution in [1.29, 1.82) is 0 Å². The van der Waals surface area contributed by atoms with Gasteiger partial charge in [-0.3, -0.25) is 4.79 Å². The van der Waals surface area contributed by atoms with Crippen molar-refractivity contribution in [2.75, 3.05) is 16.4 Å². The number of thiazole rings is 1. The molecular formula is C24H18N4OS. The molecule has 3 aromatic carbocycles. The van der Waals surface area contributed by atoms with Gasteiger partial charge in [-0.15, -0.1) is 11.3 Å². The van der Waals surface area contributed by atoms with Crippen molar-refractivity contribution < 1.29 is 4.79 Å². The van der Waals surface area contributed by atoms with Crippen molar-refractivity contribution in [3.8, 4) is 11.3 Å². The molecule has 0 fully saturated rings. The Morgan fingerprint density at radius 1 is 0.933 bits per heavy atom. The molecule has 1 amide bonds. The Morgan fingerprint density at radius 3 is 2.40 bits per heavy atom. The molecule has 6 heteroatoms. The molecule has 0 spiro atoms. The molecule has 0 bridgehead atoms. The fourth-order valence-corrected chi connectivity index (χ4v) is 4.11. The summed E-state index contributed by atoms with van der Waals surface area (Å²) in [4.78, 5) is 17.2. The van der Waals surface area contributed by atoms with Crippen LogP contribution in [0.15, 0.2) is 84.2 Å². The second-order valence-electron chi connectivity index (χ2n) is 6.89.